The SMILES string of the molecule is CC1(C)C[C@@H]2C(=O)C=C(Sc3ccccc3)[C@@H]2C1. The Morgan fingerprint density at radius 1 is 1.11 bits per heavy atom. The quantitative estimate of drug-likeness (QED) is 0.787. The summed E-state index contributed by atoms with van der Waals surface area (Å²) in [7, 11) is 0. The lowest BCUT2D eigenvalue weighted by atomic mass is 9.89. The number of hydrogen-bond acceptors (Lipinski definition) is 2. The zero-order chi connectivity index (χ0) is 12.8. The van der Waals surface area contributed by atoms with Gasteiger partial charge in [0, 0.05) is 16.7 Å². The summed E-state index contributed by atoms with van der Waals surface area (Å²) in [5.41, 5.74) is 0.321. The normalized spacial score (nSPS) is 29.2. The van der Waals surface area contributed by atoms with Gasteiger partial charge in [0.25, 0.3) is 0 Å². The number of carbonyl (C=O) groups is 1. The van der Waals surface area contributed by atoms with Crippen molar-refractivity contribution in [2.24, 2.45) is 17.3 Å². The zero-order valence-electron chi connectivity index (χ0n) is 10.8. The van der Waals surface area contributed by atoms with E-state index in [4.69, 9.17) is 0 Å². The van der Waals surface area contributed by atoms with E-state index in [2.05, 4.69) is 38.1 Å². The molecular weight excluding hydrogens is 240 g/mol. The minimum Gasteiger partial charge on any atom is -0.294 e. The van der Waals surface area contributed by atoms with Crippen molar-refractivity contribution in [1.29, 1.82) is 0 Å². The molecule has 0 heterocycles. The Hall–Kier alpha value is -1.02. The molecule has 1 aromatic rings. The van der Waals surface area contributed by atoms with Gasteiger partial charge in [0.15, 0.2) is 5.78 Å². The van der Waals surface area contributed by atoms with Gasteiger partial charge in [-0.15, -0.1) is 0 Å². The van der Waals surface area contributed by atoms with Crippen LogP contribution in [-0.4, -0.2) is 5.78 Å². The first kappa shape index (κ1) is 12.0. The maximum absolute atomic E-state index is 12.1. The van der Waals surface area contributed by atoms with Gasteiger partial charge in [-0.3, -0.25) is 4.79 Å². The summed E-state index contributed by atoms with van der Waals surface area (Å²) in [5, 5.41) is 0. The van der Waals surface area contributed by atoms with Crippen molar-refractivity contribution in [1.82, 2.24) is 0 Å². The fourth-order valence-electron chi connectivity index (χ4n) is 3.24. The molecule has 0 radical (unpaired) electrons. The standard InChI is InChI=1S/C16H18OS/c1-16(2)9-12-13(10-16)15(8-14(12)17)18-11-6-4-3-5-7-11/h3-8,12-13H,9-10H2,1-2H3/t12-,13+/m0/s1. The van der Waals surface area contributed by atoms with Gasteiger partial charge in [-0.05, 0) is 41.4 Å². The smallest absolute Gasteiger partial charge is 0.160 e. The highest BCUT2D eigenvalue weighted by molar-refractivity contribution is 8.03. The van der Waals surface area contributed by atoms with Crippen molar-refractivity contribution in [3.05, 3.63) is 41.3 Å². The lowest BCUT2D eigenvalue weighted by Gasteiger charge is -2.18. The van der Waals surface area contributed by atoms with E-state index in [1.54, 1.807) is 11.8 Å². The van der Waals surface area contributed by atoms with E-state index in [1.807, 2.05) is 12.1 Å². The van der Waals surface area contributed by atoms with Crippen molar-refractivity contribution >= 4 is 17.5 Å². The zero-order valence-corrected chi connectivity index (χ0v) is 11.7. The van der Waals surface area contributed by atoms with Crippen LogP contribution in [0.1, 0.15) is 26.7 Å². The Kier molecular flexibility index (Phi) is 2.86. The number of allylic oxidation sites excluding steroid dienone is 2. The molecule has 0 aliphatic heterocycles. The first-order valence-electron chi connectivity index (χ1n) is 6.53. The molecule has 2 aliphatic rings. The molecule has 2 heteroatoms. The fraction of sp³-hybridized carbons (Fsp3) is 0.438. The van der Waals surface area contributed by atoms with Crippen LogP contribution >= 0.6 is 11.8 Å². The summed E-state index contributed by atoms with van der Waals surface area (Å²) in [4.78, 5) is 14.6. The van der Waals surface area contributed by atoms with E-state index in [0.29, 0.717) is 17.1 Å². The minimum absolute atomic E-state index is 0.256. The molecule has 0 spiro atoms. The third-order valence-corrected chi connectivity index (χ3v) is 5.19. The number of hydrogen-bond donors (Lipinski definition) is 0. The van der Waals surface area contributed by atoms with E-state index in [0.717, 1.165) is 12.8 Å². The van der Waals surface area contributed by atoms with Crippen LogP contribution in [0, 0.1) is 17.3 Å². The second-order valence-corrected chi connectivity index (χ2v) is 7.30. The Balaban J connectivity index is 1.82. The van der Waals surface area contributed by atoms with Gasteiger partial charge in [0.05, 0.1) is 0 Å². The number of rotatable bonds is 2. The number of fused-ring (bicyclic) bond motifs is 1. The van der Waals surface area contributed by atoms with Crippen molar-refractivity contribution in [3.63, 3.8) is 0 Å². The predicted octanol–water partition coefficient (Wildman–Crippen LogP) is 4.30. The molecule has 0 amide bonds. The lowest BCUT2D eigenvalue weighted by Crippen LogP contribution is -2.10. The van der Waals surface area contributed by atoms with Gasteiger partial charge in [-0.1, -0.05) is 43.8 Å². The molecule has 0 unspecified atom stereocenters. The monoisotopic (exact) mass is 258 g/mol. The van der Waals surface area contributed by atoms with Crippen molar-refractivity contribution < 1.29 is 4.79 Å². The molecule has 1 nitrogen and oxygen atoms in total. The fourth-order valence-corrected chi connectivity index (χ4v) is 4.38. The third kappa shape index (κ3) is 2.14. The van der Waals surface area contributed by atoms with Crippen molar-refractivity contribution in [2.45, 2.75) is 31.6 Å². The molecule has 0 N–H and O–H groups in total. The summed E-state index contributed by atoms with van der Waals surface area (Å²) in [6, 6.07) is 10.4. The number of ketones is 1. The van der Waals surface area contributed by atoms with Gasteiger partial charge in [-0.2, -0.15) is 0 Å². The van der Waals surface area contributed by atoms with Crippen LogP contribution in [0.3, 0.4) is 0 Å². The number of thioether (sulfide) groups is 1. The first-order valence-corrected chi connectivity index (χ1v) is 7.35. The van der Waals surface area contributed by atoms with E-state index in [1.165, 1.54) is 9.80 Å². The Morgan fingerprint density at radius 3 is 2.50 bits per heavy atom. The molecule has 3 rings (SSSR count). The van der Waals surface area contributed by atoms with Crippen molar-refractivity contribution in [3.8, 4) is 0 Å². The minimum atomic E-state index is 0.256. The van der Waals surface area contributed by atoms with E-state index in [9.17, 15) is 4.79 Å². The van der Waals surface area contributed by atoms with E-state index in [-0.39, 0.29) is 5.92 Å². The van der Waals surface area contributed by atoms with E-state index >= 15 is 0 Å². The highest BCUT2D eigenvalue weighted by atomic mass is 32.2. The van der Waals surface area contributed by atoms with E-state index < -0.39 is 0 Å². The largest absolute Gasteiger partial charge is 0.294 e. The van der Waals surface area contributed by atoms with Crippen molar-refractivity contribution in [2.75, 3.05) is 0 Å². The molecule has 1 saturated carbocycles. The third-order valence-electron chi connectivity index (χ3n) is 4.03. The van der Waals surface area contributed by atoms with Gasteiger partial charge in [0.1, 0.15) is 0 Å². The predicted molar refractivity (Wildman–Crippen MR) is 75.4 cm³/mol. The van der Waals surface area contributed by atoms with Gasteiger partial charge in [0.2, 0.25) is 0 Å². The van der Waals surface area contributed by atoms with Crippen LogP contribution in [-0.2, 0) is 4.79 Å². The maximum Gasteiger partial charge on any atom is 0.160 e. The van der Waals surface area contributed by atoms with Crippen LogP contribution in [0.15, 0.2) is 46.2 Å². The van der Waals surface area contributed by atoms with Crippen LogP contribution < -0.4 is 0 Å². The second kappa shape index (κ2) is 4.27. The molecule has 0 bridgehead atoms. The van der Waals surface area contributed by atoms with Crippen LogP contribution in [0.2, 0.25) is 0 Å². The average Bonchev–Trinajstić information content (AvgIpc) is 2.77. The summed E-state index contributed by atoms with van der Waals surface area (Å²) >= 11 is 1.77. The molecule has 2 atom stereocenters. The van der Waals surface area contributed by atoms with Crippen LogP contribution in [0.4, 0.5) is 0 Å². The topological polar surface area (TPSA) is 17.1 Å². The Bertz CT molecular complexity index is 501. The van der Waals surface area contributed by atoms with Gasteiger partial charge >= 0.3 is 0 Å². The first-order chi connectivity index (χ1) is 8.55. The summed E-state index contributed by atoms with van der Waals surface area (Å²) in [5.74, 6) is 1.08. The highest BCUT2D eigenvalue weighted by Crippen LogP contribution is 2.54. The molecule has 94 valence electrons. The lowest BCUT2D eigenvalue weighted by molar-refractivity contribution is -0.118. The number of carbonyl (C=O) groups excluding carboxylic acids is 1. The van der Waals surface area contributed by atoms with Gasteiger partial charge in [-0.25, -0.2) is 0 Å². The van der Waals surface area contributed by atoms with Gasteiger partial charge < -0.3 is 0 Å². The molecule has 0 aromatic heterocycles. The molecule has 1 aromatic carbocycles. The molecule has 18 heavy (non-hydrogen) atoms. The molecule has 0 saturated heterocycles. The Morgan fingerprint density at radius 2 is 1.78 bits per heavy atom. The van der Waals surface area contributed by atoms with Crippen LogP contribution in [0.5, 0.6) is 0 Å². The second-order valence-electron chi connectivity index (χ2n) is 6.15. The molecular formula is C16H18OS. The maximum atomic E-state index is 12.1. The summed E-state index contributed by atoms with van der Waals surface area (Å²) < 4.78 is 0. The molecule has 1 fully saturated rings. The number of benzene rings is 1. The highest BCUT2D eigenvalue weighted by Gasteiger charge is 2.47. The Labute approximate surface area is 113 Å². The molecule has 2 aliphatic carbocycles. The summed E-state index contributed by atoms with van der Waals surface area (Å²) in [6.45, 7) is 4.56. The average molecular weight is 258 g/mol. The van der Waals surface area contributed by atoms with Crippen LogP contribution in [0.25, 0.3) is 0 Å². The summed E-state index contributed by atoms with van der Waals surface area (Å²) in [6.07, 6.45) is 4.09.